The van der Waals surface area contributed by atoms with Gasteiger partial charge in [-0.25, -0.2) is 13.8 Å². The molecule has 1 atom stereocenters. The van der Waals surface area contributed by atoms with Gasteiger partial charge in [-0.1, -0.05) is 23.2 Å². The van der Waals surface area contributed by atoms with E-state index in [4.69, 9.17) is 38.4 Å². The molecule has 0 saturated heterocycles. The van der Waals surface area contributed by atoms with E-state index in [1.165, 1.54) is 24.4 Å². The largest absolute Gasteiger partial charge is 0.487 e. The molecule has 1 fully saturated rings. The molecular formula is C26H24Cl2F2N2O2. The molecule has 8 heteroatoms. The lowest BCUT2D eigenvalue weighted by molar-refractivity contribution is 0.0532. The molecule has 0 radical (unpaired) electrons. The van der Waals surface area contributed by atoms with Crippen LogP contribution in [0.2, 0.25) is 10.0 Å². The summed E-state index contributed by atoms with van der Waals surface area (Å²) in [7, 11) is 0. The molecule has 0 amide bonds. The standard InChI is InChI=1S/C26H24Cl2F2N2O2/c1-14(23-18(27)4-5-19(29)24(23)28)33-22-11-16(13-32-25(22)31)17-12-21-15(10-20(17)30)6-9-26(34-21)7-2-3-8-26/h4-5,10-14H,2-3,6-9H2,1H3,(H2,31,32)/t14-/m1/s1. The number of fused-ring (bicyclic) bond motifs is 1. The van der Waals surface area contributed by atoms with E-state index in [0.29, 0.717) is 16.7 Å². The molecule has 4 nitrogen and oxygen atoms in total. The van der Waals surface area contributed by atoms with Crippen molar-refractivity contribution in [2.45, 2.75) is 57.2 Å². The fourth-order valence-electron chi connectivity index (χ4n) is 4.99. The minimum atomic E-state index is -0.728. The number of aryl methyl sites for hydroxylation is 1. The van der Waals surface area contributed by atoms with Crippen LogP contribution in [-0.2, 0) is 6.42 Å². The van der Waals surface area contributed by atoms with Gasteiger partial charge in [-0.2, -0.15) is 0 Å². The van der Waals surface area contributed by atoms with Crippen LogP contribution in [0, 0.1) is 11.6 Å². The first-order valence-electron chi connectivity index (χ1n) is 11.3. The predicted molar refractivity (Wildman–Crippen MR) is 130 cm³/mol. The van der Waals surface area contributed by atoms with Crippen LogP contribution in [0.5, 0.6) is 11.5 Å². The Balaban J connectivity index is 1.47. The van der Waals surface area contributed by atoms with E-state index in [-0.39, 0.29) is 33.0 Å². The summed E-state index contributed by atoms with van der Waals surface area (Å²) in [5.41, 5.74) is 7.91. The number of anilines is 1. The van der Waals surface area contributed by atoms with Crippen molar-refractivity contribution in [1.29, 1.82) is 0 Å². The number of aromatic nitrogens is 1. The van der Waals surface area contributed by atoms with Crippen molar-refractivity contribution in [2.75, 3.05) is 5.73 Å². The smallest absolute Gasteiger partial charge is 0.166 e. The molecule has 0 unspecified atom stereocenters. The number of nitrogen functional groups attached to an aromatic ring is 1. The zero-order valence-corrected chi connectivity index (χ0v) is 20.1. The minimum Gasteiger partial charge on any atom is -0.487 e. The van der Waals surface area contributed by atoms with Crippen molar-refractivity contribution in [3.63, 3.8) is 0 Å². The van der Waals surface area contributed by atoms with Gasteiger partial charge in [0.1, 0.15) is 29.1 Å². The number of hydrogen-bond donors (Lipinski definition) is 1. The summed E-state index contributed by atoms with van der Waals surface area (Å²) in [6.07, 6.45) is 6.86. The monoisotopic (exact) mass is 504 g/mol. The average molecular weight is 505 g/mol. The van der Waals surface area contributed by atoms with Gasteiger partial charge in [-0.05, 0) is 81.3 Å². The normalized spacial score (nSPS) is 17.3. The molecule has 2 N–H and O–H groups in total. The van der Waals surface area contributed by atoms with Crippen molar-refractivity contribution >= 4 is 29.0 Å². The summed E-state index contributed by atoms with van der Waals surface area (Å²) in [5, 5.41) is 0.140. The minimum absolute atomic E-state index is 0.110. The number of rotatable bonds is 4. The highest BCUT2D eigenvalue weighted by Gasteiger charge is 2.39. The van der Waals surface area contributed by atoms with Gasteiger partial charge in [0.05, 0.1) is 5.02 Å². The van der Waals surface area contributed by atoms with E-state index in [9.17, 15) is 4.39 Å². The second-order valence-corrected chi connectivity index (χ2v) is 9.84. The quantitative estimate of drug-likeness (QED) is 0.370. The summed E-state index contributed by atoms with van der Waals surface area (Å²) >= 11 is 12.3. The number of halogens is 4. The van der Waals surface area contributed by atoms with Crippen LogP contribution in [0.25, 0.3) is 11.1 Å². The Morgan fingerprint density at radius 2 is 1.85 bits per heavy atom. The maximum absolute atomic E-state index is 15.1. The molecule has 2 aliphatic rings. The maximum atomic E-state index is 15.1. The van der Waals surface area contributed by atoms with Gasteiger partial charge >= 0.3 is 0 Å². The number of ether oxygens (including phenoxy) is 2. The van der Waals surface area contributed by atoms with Crippen LogP contribution in [-0.4, -0.2) is 10.6 Å². The van der Waals surface area contributed by atoms with E-state index >= 15 is 4.39 Å². The van der Waals surface area contributed by atoms with E-state index in [2.05, 4.69) is 4.98 Å². The highest BCUT2D eigenvalue weighted by molar-refractivity contribution is 6.36. The molecule has 3 aromatic rings. The van der Waals surface area contributed by atoms with Crippen LogP contribution < -0.4 is 15.2 Å². The summed E-state index contributed by atoms with van der Waals surface area (Å²) in [5.74, 6) is 0.0695. The van der Waals surface area contributed by atoms with Crippen LogP contribution in [0.4, 0.5) is 14.6 Å². The third-order valence-electron chi connectivity index (χ3n) is 6.82. The van der Waals surface area contributed by atoms with Gasteiger partial charge in [-0.15, -0.1) is 0 Å². The molecule has 1 aromatic heterocycles. The van der Waals surface area contributed by atoms with Crippen molar-refractivity contribution in [1.82, 2.24) is 4.98 Å². The second kappa shape index (κ2) is 8.90. The molecule has 5 rings (SSSR count). The number of benzene rings is 2. The Bertz CT molecular complexity index is 1260. The Hall–Kier alpha value is -2.57. The van der Waals surface area contributed by atoms with Gasteiger partial charge < -0.3 is 15.2 Å². The van der Waals surface area contributed by atoms with Crippen LogP contribution in [0.3, 0.4) is 0 Å². The topological polar surface area (TPSA) is 57.4 Å². The van der Waals surface area contributed by atoms with E-state index in [1.807, 2.05) is 0 Å². The molecule has 1 spiro atoms. The first-order chi connectivity index (χ1) is 16.3. The van der Waals surface area contributed by atoms with Crippen molar-refractivity contribution in [3.05, 3.63) is 69.3 Å². The summed E-state index contributed by atoms with van der Waals surface area (Å²) in [6.45, 7) is 1.67. The lowest BCUT2D eigenvalue weighted by Gasteiger charge is -2.36. The Labute approximate surface area is 207 Å². The van der Waals surface area contributed by atoms with Crippen molar-refractivity contribution < 1.29 is 18.3 Å². The molecule has 2 heterocycles. The number of hydrogen-bond acceptors (Lipinski definition) is 4. The summed E-state index contributed by atoms with van der Waals surface area (Å²) < 4.78 is 41.5. The zero-order valence-electron chi connectivity index (χ0n) is 18.6. The lowest BCUT2D eigenvalue weighted by atomic mass is 9.88. The summed E-state index contributed by atoms with van der Waals surface area (Å²) in [4.78, 5) is 4.19. The first kappa shape index (κ1) is 23.2. The van der Waals surface area contributed by atoms with E-state index in [1.54, 1.807) is 19.1 Å². The third-order valence-corrected chi connectivity index (χ3v) is 7.54. The molecular weight excluding hydrogens is 481 g/mol. The highest BCUT2D eigenvalue weighted by atomic mass is 35.5. The Kier molecular flexibility index (Phi) is 6.07. The molecule has 178 valence electrons. The fourth-order valence-corrected chi connectivity index (χ4v) is 5.66. The second-order valence-electron chi connectivity index (χ2n) is 9.06. The van der Waals surface area contributed by atoms with Gasteiger partial charge in [-0.3, -0.25) is 0 Å². The lowest BCUT2D eigenvalue weighted by Crippen LogP contribution is -2.36. The van der Waals surface area contributed by atoms with Gasteiger partial charge in [0, 0.05) is 27.9 Å². The van der Waals surface area contributed by atoms with Crippen molar-refractivity contribution in [3.8, 4) is 22.6 Å². The number of pyridine rings is 1. The predicted octanol–water partition coefficient (Wildman–Crippen LogP) is 7.69. The zero-order chi connectivity index (χ0) is 24.0. The maximum Gasteiger partial charge on any atom is 0.166 e. The SMILES string of the molecule is C[C@@H](Oc1cc(-c2cc3c(cc2F)CCC2(CCCC2)O3)cnc1N)c1c(Cl)ccc(F)c1Cl. The summed E-state index contributed by atoms with van der Waals surface area (Å²) in [6, 6.07) is 7.49. The van der Waals surface area contributed by atoms with Gasteiger partial charge in [0.25, 0.3) is 0 Å². The molecule has 1 aliphatic heterocycles. The van der Waals surface area contributed by atoms with Crippen LogP contribution >= 0.6 is 23.2 Å². The fraction of sp³-hybridized carbons (Fsp3) is 0.346. The molecule has 0 bridgehead atoms. The average Bonchev–Trinajstić information content (AvgIpc) is 3.26. The van der Waals surface area contributed by atoms with E-state index in [0.717, 1.165) is 49.8 Å². The molecule has 2 aromatic carbocycles. The Morgan fingerprint density at radius 3 is 2.62 bits per heavy atom. The molecule has 1 aliphatic carbocycles. The van der Waals surface area contributed by atoms with Crippen molar-refractivity contribution in [2.24, 2.45) is 0 Å². The Morgan fingerprint density at radius 1 is 1.09 bits per heavy atom. The number of nitrogens with zero attached hydrogens (tertiary/aromatic N) is 1. The number of nitrogens with two attached hydrogens (primary N) is 1. The highest BCUT2D eigenvalue weighted by Crippen LogP contribution is 2.45. The third kappa shape index (κ3) is 4.18. The van der Waals surface area contributed by atoms with Gasteiger partial charge in [0.15, 0.2) is 11.6 Å². The van der Waals surface area contributed by atoms with Crippen LogP contribution in [0.1, 0.15) is 56.3 Å². The van der Waals surface area contributed by atoms with Gasteiger partial charge in [0.2, 0.25) is 0 Å². The molecule has 1 saturated carbocycles. The van der Waals surface area contributed by atoms with E-state index < -0.39 is 11.9 Å². The molecule has 34 heavy (non-hydrogen) atoms. The van der Waals surface area contributed by atoms with Crippen LogP contribution in [0.15, 0.2) is 36.5 Å². The first-order valence-corrected chi connectivity index (χ1v) is 12.1.